The van der Waals surface area contributed by atoms with Crippen LogP contribution in [-0.4, -0.2) is 41.3 Å². The number of nitrogens with one attached hydrogen (secondary N) is 2. The van der Waals surface area contributed by atoms with Gasteiger partial charge in [-0.05, 0) is 50.4 Å². The molecule has 0 aliphatic carbocycles. The lowest BCUT2D eigenvalue weighted by atomic mass is 10.0. The predicted molar refractivity (Wildman–Crippen MR) is 80.7 cm³/mol. The number of aliphatic carboxylic acids is 2. The Balaban J connectivity index is 0.000000315. The van der Waals surface area contributed by atoms with Crippen LogP contribution in [0.1, 0.15) is 24.0 Å². The Labute approximate surface area is 124 Å². The number of carboxylic acid groups (broad SMARTS) is 2. The minimum absolute atomic E-state index is 0.597. The first-order valence-corrected chi connectivity index (χ1v) is 6.91. The van der Waals surface area contributed by atoms with E-state index in [9.17, 15) is 0 Å². The molecule has 0 aromatic heterocycles. The number of hydrogen-bond donors (Lipinski definition) is 4. The van der Waals surface area contributed by atoms with Crippen molar-refractivity contribution in [1.29, 1.82) is 0 Å². The largest absolute Gasteiger partial charge is 0.473 e. The van der Waals surface area contributed by atoms with Crippen LogP contribution >= 0.6 is 0 Å². The maximum absolute atomic E-state index is 9.10. The van der Waals surface area contributed by atoms with Crippen LogP contribution in [-0.2, 0) is 9.59 Å². The smallest absolute Gasteiger partial charge is 0.414 e. The highest BCUT2D eigenvalue weighted by Crippen LogP contribution is 2.20. The van der Waals surface area contributed by atoms with Crippen molar-refractivity contribution < 1.29 is 19.8 Å². The average Bonchev–Trinajstić information content (AvgIpc) is 2.45. The number of carboxylic acids is 2. The molecular weight excluding hydrogens is 272 g/mol. The zero-order chi connectivity index (χ0) is 15.8. The van der Waals surface area contributed by atoms with Crippen molar-refractivity contribution in [2.75, 3.05) is 18.4 Å². The van der Waals surface area contributed by atoms with E-state index in [2.05, 4.69) is 42.7 Å². The molecule has 116 valence electrons. The Morgan fingerprint density at radius 2 is 1.90 bits per heavy atom. The van der Waals surface area contributed by atoms with Crippen molar-refractivity contribution in [3.63, 3.8) is 0 Å². The SMILES string of the molecule is Cc1cccc(NC2CCCNC2)c1C.O=C(O)C(=O)O. The van der Waals surface area contributed by atoms with Gasteiger partial charge in [0.1, 0.15) is 0 Å². The molecule has 1 aliphatic heterocycles. The van der Waals surface area contributed by atoms with Gasteiger partial charge in [0.05, 0.1) is 0 Å². The number of aryl methyl sites for hydroxylation is 1. The van der Waals surface area contributed by atoms with Crippen LogP contribution in [0, 0.1) is 13.8 Å². The lowest BCUT2D eigenvalue weighted by Crippen LogP contribution is -2.38. The molecule has 4 N–H and O–H groups in total. The van der Waals surface area contributed by atoms with Gasteiger partial charge in [-0.1, -0.05) is 12.1 Å². The van der Waals surface area contributed by atoms with E-state index in [0.29, 0.717) is 6.04 Å². The molecule has 6 heteroatoms. The van der Waals surface area contributed by atoms with E-state index >= 15 is 0 Å². The summed E-state index contributed by atoms with van der Waals surface area (Å²) < 4.78 is 0. The lowest BCUT2D eigenvalue weighted by molar-refractivity contribution is -0.159. The summed E-state index contributed by atoms with van der Waals surface area (Å²) in [5, 5.41) is 21.8. The van der Waals surface area contributed by atoms with Gasteiger partial charge in [0, 0.05) is 18.3 Å². The fourth-order valence-corrected chi connectivity index (χ4v) is 2.10. The molecule has 1 atom stereocenters. The average molecular weight is 294 g/mol. The molecule has 1 aromatic rings. The Bertz CT molecular complexity index is 484. The molecule has 1 aromatic carbocycles. The number of carbonyl (C=O) groups is 2. The first-order chi connectivity index (χ1) is 9.91. The standard InChI is InChI=1S/C13H20N2.C2H2O4/c1-10-5-3-7-13(11(10)2)15-12-6-4-8-14-9-12;3-1(4)2(5)6/h3,5,7,12,14-15H,4,6,8-9H2,1-2H3;(H,3,4)(H,5,6). The summed E-state index contributed by atoms with van der Waals surface area (Å²) in [6.07, 6.45) is 2.56. The van der Waals surface area contributed by atoms with E-state index in [0.717, 1.165) is 6.54 Å². The lowest BCUT2D eigenvalue weighted by Gasteiger charge is -2.26. The van der Waals surface area contributed by atoms with E-state index in [1.165, 1.54) is 36.2 Å². The number of piperidine rings is 1. The highest BCUT2D eigenvalue weighted by Gasteiger charge is 2.13. The third-order valence-corrected chi connectivity index (χ3v) is 3.44. The molecule has 21 heavy (non-hydrogen) atoms. The molecular formula is C15H22N2O4. The van der Waals surface area contributed by atoms with E-state index in [4.69, 9.17) is 19.8 Å². The second kappa shape index (κ2) is 8.26. The third kappa shape index (κ3) is 5.83. The molecule has 2 rings (SSSR count). The summed E-state index contributed by atoms with van der Waals surface area (Å²) in [6, 6.07) is 7.07. The van der Waals surface area contributed by atoms with Crippen molar-refractivity contribution in [2.24, 2.45) is 0 Å². The van der Waals surface area contributed by atoms with Gasteiger partial charge < -0.3 is 20.8 Å². The molecule has 1 unspecified atom stereocenters. The first kappa shape index (κ1) is 17.0. The maximum atomic E-state index is 9.10. The predicted octanol–water partition coefficient (Wildman–Crippen LogP) is 1.62. The van der Waals surface area contributed by atoms with Gasteiger partial charge in [-0.15, -0.1) is 0 Å². The minimum atomic E-state index is -1.82. The zero-order valence-electron chi connectivity index (χ0n) is 12.3. The van der Waals surface area contributed by atoms with Gasteiger partial charge in [-0.2, -0.15) is 0 Å². The Morgan fingerprint density at radius 1 is 1.24 bits per heavy atom. The molecule has 1 aliphatic rings. The normalized spacial score (nSPS) is 17.3. The van der Waals surface area contributed by atoms with Gasteiger partial charge in [0.15, 0.2) is 0 Å². The van der Waals surface area contributed by atoms with Crippen molar-refractivity contribution in [1.82, 2.24) is 5.32 Å². The summed E-state index contributed by atoms with van der Waals surface area (Å²) in [6.45, 7) is 6.62. The van der Waals surface area contributed by atoms with Crippen molar-refractivity contribution in [2.45, 2.75) is 32.7 Å². The van der Waals surface area contributed by atoms with Crippen molar-refractivity contribution >= 4 is 17.6 Å². The number of hydrogen-bond acceptors (Lipinski definition) is 4. The summed E-state index contributed by atoms with van der Waals surface area (Å²) in [4.78, 5) is 18.2. The Hall–Kier alpha value is -2.08. The Morgan fingerprint density at radius 3 is 2.43 bits per heavy atom. The van der Waals surface area contributed by atoms with Crippen LogP contribution < -0.4 is 10.6 Å². The van der Waals surface area contributed by atoms with E-state index in [1.54, 1.807) is 0 Å². The molecule has 1 fully saturated rings. The summed E-state index contributed by atoms with van der Waals surface area (Å²) in [7, 11) is 0. The number of rotatable bonds is 2. The van der Waals surface area contributed by atoms with Crippen LogP contribution in [0.2, 0.25) is 0 Å². The van der Waals surface area contributed by atoms with Crippen LogP contribution in [0.25, 0.3) is 0 Å². The summed E-state index contributed by atoms with van der Waals surface area (Å²) in [5.41, 5.74) is 4.04. The second-order valence-electron chi connectivity index (χ2n) is 5.05. The van der Waals surface area contributed by atoms with Crippen molar-refractivity contribution in [3.8, 4) is 0 Å². The molecule has 1 saturated heterocycles. The molecule has 0 spiro atoms. The minimum Gasteiger partial charge on any atom is -0.473 e. The second-order valence-corrected chi connectivity index (χ2v) is 5.05. The fourth-order valence-electron chi connectivity index (χ4n) is 2.10. The molecule has 1 heterocycles. The van der Waals surface area contributed by atoms with Gasteiger partial charge in [0.2, 0.25) is 0 Å². The fraction of sp³-hybridized carbons (Fsp3) is 0.467. The van der Waals surface area contributed by atoms with Crippen LogP contribution in [0.15, 0.2) is 18.2 Å². The molecule has 0 radical (unpaired) electrons. The van der Waals surface area contributed by atoms with E-state index in [-0.39, 0.29) is 0 Å². The van der Waals surface area contributed by atoms with Gasteiger partial charge in [-0.3, -0.25) is 0 Å². The Kier molecular flexibility index (Phi) is 6.68. The third-order valence-electron chi connectivity index (χ3n) is 3.44. The number of anilines is 1. The summed E-state index contributed by atoms with van der Waals surface area (Å²) in [5.74, 6) is -3.65. The summed E-state index contributed by atoms with van der Waals surface area (Å²) >= 11 is 0. The van der Waals surface area contributed by atoms with Crippen LogP contribution in [0.3, 0.4) is 0 Å². The highest BCUT2D eigenvalue weighted by molar-refractivity contribution is 6.27. The van der Waals surface area contributed by atoms with Crippen LogP contribution in [0.4, 0.5) is 5.69 Å². The molecule has 0 bridgehead atoms. The monoisotopic (exact) mass is 294 g/mol. The van der Waals surface area contributed by atoms with E-state index in [1.807, 2.05) is 0 Å². The first-order valence-electron chi connectivity index (χ1n) is 6.91. The topological polar surface area (TPSA) is 98.7 Å². The van der Waals surface area contributed by atoms with Gasteiger partial charge in [-0.25, -0.2) is 9.59 Å². The molecule has 6 nitrogen and oxygen atoms in total. The molecule has 0 amide bonds. The van der Waals surface area contributed by atoms with E-state index < -0.39 is 11.9 Å². The van der Waals surface area contributed by atoms with Crippen LogP contribution in [0.5, 0.6) is 0 Å². The highest BCUT2D eigenvalue weighted by atomic mass is 16.4. The quantitative estimate of drug-likeness (QED) is 0.619. The number of benzene rings is 1. The van der Waals surface area contributed by atoms with Gasteiger partial charge >= 0.3 is 11.9 Å². The van der Waals surface area contributed by atoms with Gasteiger partial charge in [0.25, 0.3) is 0 Å². The maximum Gasteiger partial charge on any atom is 0.414 e. The molecule has 0 saturated carbocycles. The van der Waals surface area contributed by atoms with Crippen molar-refractivity contribution in [3.05, 3.63) is 29.3 Å². The zero-order valence-corrected chi connectivity index (χ0v) is 12.3.